The number of nitrogens with one attached hydrogen (secondary N) is 2. The molecule has 4 rings (SSSR count). The van der Waals surface area contributed by atoms with E-state index in [1.54, 1.807) is 0 Å². The van der Waals surface area contributed by atoms with Crippen LogP contribution in [0.2, 0.25) is 0 Å². The fourth-order valence-electron chi connectivity index (χ4n) is 3.51. The van der Waals surface area contributed by atoms with Gasteiger partial charge in [-0.1, -0.05) is 0 Å². The molecule has 1 unspecified atom stereocenters. The van der Waals surface area contributed by atoms with Gasteiger partial charge in [-0.3, -0.25) is 4.79 Å². The minimum Gasteiger partial charge on any atom is -0.361 e. The molecule has 0 spiro atoms. The summed E-state index contributed by atoms with van der Waals surface area (Å²) in [5.41, 5.74) is 3.42. The lowest BCUT2D eigenvalue weighted by Gasteiger charge is -2.12. The van der Waals surface area contributed by atoms with Gasteiger partial charge in [0.25, 0.3) is 5.91 Å². The van der Waals surface area contributed by atoms with Crippen LogP contribution in [0.15, 0.2) is 6.07 Å². The summed E-state index contributed by atoms with van der Waals surface area (Å²) < 4.78 is 0. The lowest BCUT2D eigenvalue weighted by atomic mass is 10.1. The summed E-state index contributed by atoms with van der Waals surface area (Å²) in [6.07, 6.45) is 6.23. The molecule has 1 aromatic heterocycles. The molecule has 1 atom stereocenters. The van der Waals surface area contributed by atoms with Crippen LogP contribution in [0.1, 0.15) is 65.7 Å². The van der Waals surface area contributed by atoms with E-state index >= 15 is 0 Å². The number of rotatable bonds is 5. The molecule has 1 amide bonds. The maximum atomic E-state index is 12.5. The number of likely N-dealkylation sites (tertiary alicyclic amines) is 1. The quantitative estimate of drug-likeness (QED) is 0.874. The van der Waals surface area contributed by atoms with Crippen LogP contribution >= 0.6 is 0 Å². The van der Waals surface area contributed by atoms with Crippen LogP contribution in [-0.4, -0.2) is 42.5 Å². The Morgan fingerprint density at radius 2 is 2.05 bits per heavy atom. The summed E-state index contributed by atoms with van der Waals surface area (Å²) in [4.78, 5) is 18.4. The molecule has 114 valence electrons. The maximum Gasteiger partial charge on any atom is 0.253 e. The SMILES string of the molecule is CN1CCC(CNC(=O)c2cc(C3CC3)[nH]c2C2CC2)C1. The molecule has 2 saturated carbocycles. The monoisotopic (exact) mass is 287 g/mol. The van der Waals surface area contributed by atoms with Gasteiger partial charge in [0.1, 0.15) is 0 Å². The van der Waals surface area contributed by atoms with E-state index in [0.29, 0.717) is 17.8 Å². The molecule has 1 aromatic rings. The lowest BCUT2D eigenvalue weighted by molar-refractivity contribution is 0.0946. The standard InChI is InChI=1S/C17H25N3O/c1-20-7-6-11(10-20)9-18-17(21)14-8-15(12-2-3-12)19-16(14)13-4-5-13/h8,11-13,19H,2-7,9-10H2,1H3,(H,18,21). The summed E-state index contributed by atoms with van der Waals surface area (Å²) in [6.45, 7) is 3.08. The van der Waals surface area contributed by atoms with Gasteiger partial charge in [-0.05, 0) is 69.5 Å². The molecule has 4 heteroatoms. The first kappa shape index (κ1) is 13.4. The van der Waals surface area contributed by atoms with Crippen LogP contribution in [-0.2, 0) is 0 Å². The fourth-order valence-corrected chi connectivity index (χ4v) is 3.51. The van der Waals surface area contributed by atoms with Crippen molar-refractivity contribution in [3.63, 3.8) is 0 Å². The van der Waals surface area contributed by atoms with Crippen molar-refractivity contribution in [3.05, 3.63) is 23.0 Å². The zero-order valence-electron chi connectivity index (χ0n) is 12.8. The van der Waals surface area contributed by atoms with Crippen molar-refractivity contribution in [2.75, 3.05) is 26.7 Å². The van der Waals surface area contributed by atoms with Gasteiger partial charge in [-0.15, -0.1) is 0 Å². The maximum absolute atomic E-state index is 12.5. The summed E-state index contributed by atoms with van der Waals surface area (Å²) >= 11 is 0. The zero-order valence-corrected chi connectivity index (χ0v) is 12.8. The average Bonchev–Trinajstić information content (AvgIpc) is 3.40. The normalized spacial score (nSPS) is 26.2. The van der Waals surface area contributed by atoms with Gasteiger partial charge in [0.05, 0.1) is 5.56 Å². The molecular formula is C17H25N3O. The molecule has 2 heterocycles. The van der Waals surface area contributed by atoms with Gasteiger partial charge in [-0.2, -0.15) is 0 Å². The smallest absolute Gasteiger partial charge is 0.253 e. The number of carbonyl (C=O) groups excluding carboxylic acids is 1. The molecule has 21 heavy (non-hydrogen) atoms. The number of hydrogen-bond donors (Lipinski definition) is 2. The van der Waals surface area contributed by atoms with E-state index in [1.165, 1.54) is 43.5 Å². The highest BCUT2D eigenvalue weighted by Crippen LogP contribution is 2.45. The predicted octanol–water partition coefficient (Wildman–Crippen LogP) is 2.45. The van der Waals surface area contributed by atoms with Crippen LogP contribution in [0, 0.1) is 5.92 Å². The number of aromatic amines is 1. The highest BCUT2D eigenvalue weighted by molar-refractivity contribution is 5.96. The third kappa shape index (κ3) is 2.86. The second kappa shape index (κ2) is 5.16. The first-order valence-electron chi connectivity index (χ1n) is 8.40. The molecule has 0 aromatic carbocycles. The van der Waals surface area contributed by atoms with Gasteiger partial charge < -0.3 is 15.2 Å². The van der Waals surface area contributed by atoms with Crippen LogP contribution in [0.3, 0.4) is 0 Å². The fraction of sp³-hybridized carbons (Fsp3) is 0.706. The number of amides is 1. The van der Waals surface area contributed by atoms with E-state index in [0.717, 1.165) is 25.2 Å². The van der Waals surface area contributed by atoms with Crippen LogP contribution < -0.4 is 5.32 Å². The topological polar surface area (TPSA) is 48.1 Å². The Hall–Kier alpha value is -1.29. The van der Waals surface area contributed by atoms with E-state index in [9.17, 15) is 4.79 Å². The number of aromatic nitrogens is 1. The average molecular weight is 287 g/mol. The molecule has 2 aliphatic carbocycles. The van der Waals surface area contributed by atoms with E-state index in [1.807, 2.05) is 0 Å². The Kier molecular flexibility index (Phi) is 3.29. The molecule has 1 aliphatic heterocycles. The van der Waals surface area contributed by atoms with E-state index in [2.05, 4.69) is 28.3 Å². The Labute approximate surface area is 126 Å². The molecule has 0 radical (unpaired) electrons. The number of hydrogen-bond acceptors (Lipinski definition) is 2. The van der Waals surface area contributed by atoms with Gasteiger partial charge in [0.2, 0.25) is 0 Å². The third-order valence-electron chi connectivity index (χ3n) is 5.16. The Morgan fingerprint density at radius 3 is 2.67 bits per heavy atom. The van der Waals surface area contributed by atoms with Crippen molar-refractivity contribution in [1.82, 2.24) is 15.2 Å². The van der Waals surface area contributed by atoms with Gasteiger partial charge in [0, 0.05) is 24.5 Å². The van der Waals surface area contributed by atoms with Gasteiger partial charge >= 0.3 is 0 Å². The molecule has 3 aliphatic rings. The van der Waals surface area contributed by atoms with Crippen LogP contribution in [0.25, 0.3) is 0 Å². The van der Waals surface area contributed by atoms with Crippen LogP contribution in [0.4, 0.5) is 0 Å². The highest BCUT2D eigenvalue weighted by Gasteiger charge is 2.33. The Balaban J connectivity index is 1.43. The Bertz CT molecular complexity index is 542. The van der Waals surface area contributed by atoms with E-state index < -0.39 is 0 Å². The summed E-state index contributed by atoms with van der Waals surface area (Å²) in [5.74, 6) is 2.04. The van der Waals surface area contributed by atoms with Gasteiger partial charge in [0.15, 0.2) is 0 Å². The minimum atomic E-state index is 0.134. The second-order valence-corrected chi connectivity index (χ2v) is 7.23. The summed E-state index contributed by atoms with van der Waals surface area (Å²) in [7, 11) is 2.15. The van der Waals surface area contributed by atoms with Gasteiger partial charge in [-0.25, -0.2) is 0 Å². The molecule has 2 N–H and O–H groups in total. The molecule has 3 fully saturated rings. The summed E-state index contributed by atoms with van der Waals surface area (Å²) in [5, 5.41) is 3.17. The van der Waals surface area contributed by atoms with Crippen molar-refractivity contribution >= 4 is 5.91 Å². The molecular weight excluding hydrogens is 262 g/mol. The Morgan fingerprint density at radius 1 is 1.29 bits per heavy atom. The van der Waals surface area contributed by atoms with Crippen molar-refractivity contribution in [2.24, 2.45) is 5.92 Å². The van der Waals surface area contributed by atoms with Crippen molar-refractivity contribution in [3.8, 4) is 0 Å². The first-order valence-corrected chi connectivity index (χ1v) is 8.40. The lowest BCUT2D eigenvalue weighted by Crippen LogP contribution is -2.30. The van der Waals surface area contributed by atoms with E-state index in [4.69, 9.17) is 0 Å². The molecule has 1 saturated heterocycles. The van der Waals surface area contributed by atoms with E-state index in [-0.39, 0.29) is 5.91 Å². The number of carbonyl (C=O) groups is 1. The first-order chi connectivity index (χ1) is 10.2. The van der Waals surface area contributed by atoms with Crippen molar-refractivity contribution in [2.45, 2.75) is 43.9 Å². The predicted molar refractivity (Wildman–Crippen MR) is 82.7 cm³/mol. The zero-order chi connectivity index (χ0) is 14.4. The van der Waals surface area contributed by atoms with Crippen molar-refractivity contribution < 1.29 is 4.79 Å². The van der Waals surface area contributed by atoms with Crippen molar-refractivity contribution in [1.29, 1.82) is 0 Å². The summed E-state index contributed by atoms with van der Waals surface area (Å²) in [6, 6.07) is 2.13. The largest absolute Gasteiger partial charge is 0.361 e. The van der Waals surface area contributed by atoms with Crippen LogP contribution in [0.5, 0.6) is 0 Å². The highest BCUT2D eigenvalue weighted by atomic mass is 16.1. The molecule has 4 nitrogen and oxygen atoms in total. The second-order valence-electron chi connectivity index (χ2n) is 7.23. The molecule has 0 bridgehead atoms. The minimum absolute atomic E-state index is 0.134. The third-order valence-corrected chi connectivity index (χ3v) is 5.16. The number of nitrogens with zero attached hydrogens (tertiary/aromatic N) is 1. The number of H-pyrrole nitrogens is 1.